The third kappa shape index (κ3) is 4.65. The normalized spacial score (nSPS) is 10.7. The zero-order valence-corrected chi connectivity index (χ0v) is 13.0. The summed E-state index contributed by atoms with van der Waals surface area (Å²) in [6.07, 6.45) is 0.667. The zero-order chi connectivity index (χ0) is 16.0. The predicted octanol–water partition coefficient (Wildman–Crippen LogP) is 2.12. The van der Waals surface area contributed by atoms with E-state index in [0.29, 0.717) is 13.0 Å². The highest BCUT2D eigenvalue weighted by atomic mass is 16.2. The molecule has 0 saturated carbocycles. The Morgan fingerprint density at radius 3 is 2.19 bits per heavy atom. The van der Waals surface area contributed by atoms with Crippen LogP contribution in [0.15, 0.2) is 30.3 Å². The lowest BCUT2D eigenvalue weighted by Crippen LogP contribution is -2.51. The van der Waals surface area contributed by atoms with Crippen molar-refractivity contribution in [1.29, 1.82) is 0 Å². The van der Waals surface area contributed by atoms with Gasteiger partial charge in [-0.1, -0.05) is 30.3 Å². The van der Waals surface area contributed by atoms with Crippen molar-refractivity contribution < 1.29 is 14.4 Å². The average Bonchev–Trinajstić information content (AvgIpc) is 2.39. The largest absolute Gasteiger partial charge is 0.421 e. The number of hydrogen-bond acceptors (Lipinski definition) is 2. The highest BCUT2D eigenvalue weighted by Crippen LogP contribution is 2.15. The van der Waals surface area contributed by atoms with Gasteiger partial charge in [-0.3, -0.25) is 9.59 Å². The number of Topliss-reactive ketones (excluding diaryl/α,β-unsaturated/α-hetero) is 1. The van der Waals surface area contributed by atoms with Crippen LogP contribution in [0.5, 0.6) is 0 Å². The topological polar surface area (TPSA) is 73.8 Å². The Balaban J connectivity index is 2.95. The molecule has 21 heavy (non-hydrogen) atoms. The van der Waals surface area contributed by atoms with Crippen molar-refractivity contribution in [3.63, 3.8) is 0 Å². The summed E-state index contributed by atoms with van der Waals surface area (Å²) in [6.45, 7) is 7.30. The van der Waals surface area contributed by atoms with Gasteiger partial charge in [-0.05, 0) is 32.8 Å². The first-order valence-electron chi connectivity index (χ1n) is 6.86. The number of amides is 1. The molecule has 0 aliphatic heterocycles. The molecule has 0 bridgehead atoms. The maximum atomic E-state index is 12.4. The molecule has 0 spiro atoms. The second-order valence-electron chi connectivity index (χ2n) is 5.87. The standard InChI is InChI=1S/C16H21N3O2/c1-12(20)14(18-17)15(21)19(16(2,3)4)11-10-13-8-6-5-7-9-13/h5-9H,10-11H2,1-4H3. The molecule has 0 radical (unpaired) electrons. The Kier molecular flexibility index (Phi) is 5.56. The van der Waals surface area contributed by atoms with Crippen LogP contribution in [0.4, 0.5) is 0 Å². The Bertz CT molecular complexity index is 567. The fourth-order valence-corrected chi connectivity index (χ4v) is 2.02. The van der Waals surface area contributed by atoms with E-state index in [1.807, 2.05) is 51.1 Å². The van der Waals surface area contributed by atoms with Crippen LogP contribution >= 0.6 is 0 Å². The molecule has 1 aromatic carbocycles. The van der Waals surface area contributed by atoms with Crippen LogP contribution in [0.1, 0.15) is 33.3 Å². The number of nitrogens with zero attached hydrogens (tertiary/aromatic N) is 3. The molecule has 5 heteroatoms. The van der Waals surface area contributed by atoms with E-state index < -0.39 is 22.9 Å². The first-order chi connectivity index (χ1) is 9.77. The van der Waals surface area contributed by atoms with Crippen molar-refractivity contribution in [2.24, 2.45) is 0 Å². The Morgan fingerprint density at radius 1 is 1.19 bits per heavy atom. The molecule has 5 nitrogen and oxygen atoms in total. The molecule has 0 saturated heterocycles. The van der Waals surface area contributed by atoms with Crippen molar-refractivity contribution in [3.05, 3.63) is 41.4 Å². The maximum absolute atomic E-state index is 12.4. The second kappa shape index (κ2) is 6.95. The molecule has 0 unspecified atom stereocenters. The van der Waals surface area contributed by atoms with Gasteiger partial charge in [-0.2, -0.15) is 4.79 Å². The summed E-state index contributed by atoms with van der Waals surface area (Å²) < 4.78 is 0. The van der Waals surface area contributed by atoms with Crippen molar-refractivity contribution in [1.82, 2.24) is 4.90 Å². The summed E-state index contributed by atoms with van der Waals surface area (Å²) >= 11 is 0. The lowest BCUT2D eigenvalue weighted by Gasteiger charge is -2.34. The molecule has 0 fully saturated rings. The Morgan fingerprint density at radius 2 is 1.76 bits per heavy atom. The van der Waals surface area contributed by atoms with Crippen molar-refractivity contribution in [3.8, 4) is 0 Å². The average molecular weight is 287 g/mol. The van der Waals surface area contributed by atoms with Gasteiger partial charge in [0.1, 0.15) is 0 Å². The maximum Gasteiger partial charge on any atom is 0.421 e. The summed E-state index contributed by atoms with van der Waals surface area (Å²) in [5, 5.41) is 0. The van der Waals surface area contributed by atoms with Gasteiger partial charge < -0.3 is 10.4 Å². The fraction of sp³-hybridized carbons (Fsp3) is 0.438. The number of hydrogen-bond donors (Lipinski definition) is 0. The van der Waals surface area contributed by atoms with E-state index in [0.717, 1.165) is 5.56 Å². The number of ketones is 1. The SMILES string of the molecule is CC(=O)C(=[N+]=[N-])C(=O)N(CCc1ccccc1)C(C)(C)C. The van der Waals surface area contributed by atoms with Gasteiger partial charge in [0.15, 0.2) is 0 Å². The van der Waals surface area contributed by atoms with Crippen LogP contribution in [0, 0.1) is 0 Å². The van der Waals surface area contributed by atoms with E-state index >= 15 is 0 Å². The highest BCUT2D eigenvalue weighted by molar-refractivity contribution is 6.63. The first-order valence-corrected chi connectivity index (χ1v) is 6.86. The van der Waals surface area contributed by atoms with Gasteiger partial charge in [0.05, 0.1) is 0 Å². The fourth-order valence-electron chi connectivity index (χ4n) is 2.02. The van der Waals surface area contributed by atoms with Crippen molar-refractivity contribution in [2.45, 2.75) is 39.7 Å². The van der Waals surface area contributed by atoms with Crippen LogP contribution in [-0.4, -0.2) is 39.2 Å². The van der Waals surface area contributed by atoms with E-state index in [1.165, 1.54) is 6.92 Å². The molecule has 0 aromatic heterocycles. The van der Waals surface area contributed by atoms with E-state index in [9.17, 15) is 9.59 Å². The van der Waals surface area contributed by atoms with Gasteiger partial charge in [0.2, 0.25) is 5.78 Å². The summed E-state index contributed by atoms with van der Waals surface area (Å²) in [7, 11) is 0. The van der Waals surface area contributed by atoms with Gasteiger partial charge >= 0.3 is 11.6 Å². The van der Waals surface area contributed by atoms with Crippen molar-refractivity contribution in [2.75, 3.05) is 6.54 Å². The second-order valence-corrected chi connectivity index (χ2v) is 5.87. The van der Waals surface area contributed by atoms with Gasteiger partial charge in [-0.25, -0.2) is 0 Å². The minimum Gasteiger partial charge on any atom is -0.360 e. The predicted molar refractivity (Wildman–Crippen MR) is 80.9 cm³/mol. The molecule has 1 aromatic rings. The molecule has 1 rings (SSSR count). The molecular weight excluding hydrogens is 266 g/mol. The van der Waals surface area contributed by atoms with Crippen LogP contribution < -0.4 is 0 Å². The van der Waals surface area contributed by atoms with E-state index in [-0.39, 0.29) is 0 Å². The molecule has 0 heterocycles. The molecule has 112 valence electrons. The molecule has 0 aliphatic carbocycles. The third-order valence-electron chi connectivity index (χ3n) is 3.16. The van der Waals surface area contributed by atoms with E-state index in [1.54, 1.807) is 4.90 Å². The molecule has 0 aliphatic rings. The van der Waals surface area contributed by atoms with Crippen LogP contribution in [0.3, 0.4) is 0 Å². The van der Waals surface area contributed by atoms with E-state index in [2.05, 4.69) is 4.79 Å². The summed E-state index contributed by atoms with van der Waals surface area (Å²) in [5.74, 6) is -1.09. The Labute approximate surface area is 125 Å². The number of rotatable bonds is 5. The first kappa shape index (κ1) is 16.8. The zero-order valence-electron chi connectivity index (χ0n) is 13.0. The van der Waals surface area contributed by atoms with Crippen LogP contribution in [0.2, 0.25) is 0 Å². The van der Waals surface area contributed by atoms with Crippen LogP contribution in [-0.2, 0) is 16.0 Å². The molecule has 1 amide bonds. The highest BCUT2D eigenvalue weighted by Gasteiger charge is 2.36. The van der Waals surface area contributed by atoms with Crippen molar-refractivity contribution >= 4 is 17.4 Å². The van der Waals surface area contributed by atoms with Gasteiger partial charge in [0, 0.05) is 19.0 Å². The minimum absolute atomic E-state index is 0.432. The summed E-state index contributed by atoms with van der Waals surface area (Å²) in [5.41, 5.74) is 9.08. The third-order valence-corrected chi connectivity index (χ3v) is 3.16. The smallest absolute Gasteiger partial charge is 0.360 e. The number of carbonyl (C=O) groups is 2. The monoisotopic (exact) mass is 287 g/mol. The summed E-state index contributed by atoms with van der Waals surface area (Å²) in [6, 6.07) is 9.78. The molecule has 0 N–H and O–H groups in total. The quantitative estimate of drug-likeness (QED) is 0.360. The minimum atomic E-state index is -0.548. The molecular formula is C16H21N3O2. The lowest BCUT2D eigenvalue weighted by molar-refractivity contribution is -0.135. The Hall–Kier alpha value is -2.26. The van der Waals surface area contributed by atoms with Gasteiger partial charge in [0.25, 0.3) is 0 Å². The van der Waals surface area contributed by atoms with Crippen LogP contribution in [0.25, 0.3) is 5.53 Å². The summed E-state index contributed by atoms with van der Waals surface area (Å²) in [4.78, 5) is 28.2. The number of benzene rings is 1. The van der Waals surface area contributed by atoms with E-state index in [4.69, 9.17) is 5.53 Å². The van der Waals surface area contributed by atoms with Gasteiger partial charge in [-0.15, -0.1) is 0 Å². The lowest BCUT2D eigenvalue weighted by atomic mass is 10.0. The number of carbonyl (C=O) groups excluding carboxylic acids is 2. The molecule has 0 atom stereocenters.